The third-order valence-electron chi connectivity index (χ3n) is 3.01. The number of aromatic nitrogens is 3. The number of hydrogen-bond donors (Lipinski definition) is 1. The van der Waals surface area contributed by atoms with E-state index in [1.165, 1.54) is 6.07 Å². The highest BCUT2D eigenvalue weighted by atomic mass is 79.9. The van der Waals surface area contributed by atoms with Crippen LogP contribution in [0.25, 0.3) is 0 Å². The molecule has 0 aliphatic rings. The molecular weight excluding hydrogens is 323 g/mol. The van der Waals surface area contributed by atoms with Gasteiger partial charge in [-0.3, -0.25) is 9.67 Å². The molecule has 0 saturated heterocycles. The molecular formula is C14H18BrFN4. The van der Waals surface area contributed by atoms with Crippen molar-refractivity contribution in [3.63, 3.8) is 0 Å². The summed E-state index contributed by atoms with van der Waals surface area (Å²) in [7, 11) is 0. The Hall–Kier alpha value is -1.27. The van der Waals surface area contributed by atoms with Crippen molar-refractivity contribution in [2.45, 2.75) is 32.9 Å². The van der Waals surface area contributed by atoms with Gasteiger partial charge in [-0.15, -0.1) is 0 Å². The van der Waals surface area contributed by atoms with E-state index >= 15 is 0 Å². The van der Waals surface area contributed by atoms with Crippen LogP contribution in [0.3, 0.4) is 0 Å². The molecule has 0 bridgehead atoms. The first kappa shape index (κ1) is 15.1. The van der Waals surface area contributed by atoms with E-state index in [0.717, 1.165) is 23.1 Å². The van der Waals surface area contributed by atoms with Gasteiger partial charge in [0.05, 0.1) is 28.1 Å². The molecule has 0 aliphatic carbocycles. The van der Waals surface area contributed by atoms with Crippen LogP contribution in [-0.4, -0.2) is 21.3 Å². The van der Waals surface area contributed by atoms with Gasteiger partial charge in [-0.05, 0) is 41.0 Å². The van der Waals surface area contributed by atoms with Crippen LogP contribution in [0.4, 0.5) is 4.39 Å². The first-order chi connectivity index (χ1) is 9.69. The highest BCUT2D eigenvalue weighted by molar-refractivity contribution is 9.10. The van der Waals surface area contributed by atoms with Gasteiger partial charge in [0.2, 0.25) is 0 Å². The van der Waals surface area contributed by atoms with Gasteiger partial charge in [-0.25, -0.2) is 4.39 Å². The van der Waals surface area contributed by atoms with Crippen LogP contribution in [0.2, 0.25) is 0 Å². The van der Waals surface area contributed by atoms with Gasteiger partial charge in [-0.1, -0.05) is 13.8 Å². The summed E-state index contributed by atoms with van der Waals surface area (Å²) >= 11 is 3.51. The van der Waals surface area contributed by atoms with Crippen LogP contribution in [0.1, 0.15) is 37.7 Å². The number of aryl methyl sites for hydroxylation is 1. The van der Waals surface area contributed by atoms with Crippen molar-refractivity contribution in [2.75, 3.05) is 6.54 Å². The molecule has 108 valence electrons. The molecule has 20 heavy (non-hydrogen) atoms. The van der Waals surface area contributed by atoms with Gasteiger partial charge < -0.3 is 5.32 Å². The van der Waals surface area contributed by atoms with Crippen LogP contribution in [-0.2, 0) is 6.54 Å². The average molecular weight is 341 g/mol. The van der Waals surface area contributed by atoms with Crippen LogP contribution in [0, 0.1) is 5.82 Å². The lowest BCUT2D eigenvalue weighted by atomic mass is 10.1. The zero-order valence-electron chi connectivity index (χ0n) is 11.6. The maximum absolute atomic E-state index is 14.1. The fourth-order valence-electron chi connectivity index (χ4n) is 2.19. The maximum Gasteiger partial charge on any atom is 0.146 e. The summed E-state index contributed by atoms with van der Waals surface area (Å²) in [5.74, 6) is -0.311. The summed E-state index contributed by atoms with van der Waals surface area (Å²) in [5, 5.41) is 7.63. The third kappa shape index (κ3) is 3.07. The Morgan fingerprint density at radius 1 is 1.45 bits per heavy atom. The molecule has 0 spiro atoms. The molecule has 0 aromatic carbocycles. The van der Waals surface area contributed by atoms with Gasteiger partial charge in [0.1, 0.15) is 5.82 Å². The van der Waals surface area contributed by atoms with Crippen molar-refractivity contribution in [1.29, 1.82) is 0 Å². The summed E-state index contributed by atoms with van der Waals surface area (Å²) in [6.07, 6.45) is 4.32. The molecule has 2 aromatic heterocycles. The van der Waals surface area contributed by atoms with Crippen LogP contribution < -0.4 is 5.32 Å². The van der Waals surface area contributed by atoms with Gasteiger partial charge in [0, 0.05) is 12.7 Å². The Bertz CT molecular complexity index is 570. The molecule has 0 amide bonds. The van der Waals surface area contributed by atoms with Crippen molar-refractivity contribution in [3.05, 3.63) is 46.2 Å². The minimum atomic E-state index is -0.315. The van der Waals surface area contributed by atoms with Gasteiger partial charge >= 0.3 is 0 Å². The largest absolute Gasteiger partial charge is 0.304 e. The van der Waals surface area contributed by atoms with Crippen LogP contribution in [0.5, 0.6) is 0 Å². The first-order valence-corrected chi connectivity index (χ1v) is 7.53. The molecule has 0 radical (unpaired) electrons. The lowest BCUT2D eigenvalue weighted by Crippen LogP contribution is -2.27. The zero-order valence-corrected chi connectivity index (χ0v) is 13.2. The van der Waals surface area contributed by atoms with E-state index in [1.807, 2.05) is 11.6 Å². The smallest absolute Gasteiger partial charge is 0.146 e. The minimum absolute atomic E-state index is 0.311. The van der Waals surface area contributed by atoms with Crippen molar-refractivity contribution in [2.24, 2.45) is 0 Å². The van der Waals surface area contributed by atoms with E-state index in [1.54, 1.807) is 18.5 Å². The second-order valence-electron chi connectivity index (χ2n) is 4.46. The molecule has 1 atom stereocenters. The first-order valence-electron chi connectivity index (χ1n) is 6.74. The van der Waals surface area contributed by atoms with E-state index in [0.29, 0.717) is 12.2 Å². The van der Waals surface area contributed by atoms with Crippen LogP contribution >= 0.6 is 15.9 Å². The SMILES string of the molecule is CCCn1ncc(Br)c1C(NCC)c1ncccc1F. The summed E-state index contributed by atoms with van der Waals surface area (Å²) in [6, 6.07) is 2.71. The number of nitrogens with zero attached hydrogens (tertiary/aromatic N) is 3. The Morgan fingerprint density at radius 2 is 2.25 bits per heavy atom. The number of hydrogen-bond acceptors (Lipinski definition) is 3. The highest BCUT2D eigenvalue weighted by Gasteiger charge is 2.24. The van der Waals surface area contributed by atoms with E-state index < -0.39 is 0 Å². The molecule has 1 N–H and O–H groups in total. The molecule has 0 fully saturated rings. The molecule has 1 unspecified atom stereocenters. The lowest BCUT2D eigenvalue weighted by molar-refractivity contribution is 0.490. The minimum Gasteiger partial charge on any atom is -0.304 e. The Kier molecular flexibility index (Phi) is 5.25. The second-order valence-corrected chi connectivity index (χ2v) is 5.32. The summed E-state index contributed by atoms with van der Waals surface area (Å²) in [5.41, 5.74) is 1.30. The number of nitrogens with one attached hydrogen (secondary N) is 1. The summed E-state index contributed by atoms with van der Waals surface area (Å²) < 4.78 is 16.8. The Morgan fingerprint density at radius 3 is 2.90 bits per heavy atom. The number of pyridine rings is 1. The summed E-state index contributed by atoms with van der Waals surface area (Å²) in [4.78, 5) is 4.20. The molecule has 2 aromatic rings. The van der Waals surface area contributed by atoms with E-state index in [2.05, 4.69) is 38.3 Å². The predicted octanol–water partition coefficient (Wildman–Crippen LogP) is 3.29. The van der Waals surface area contributed by atoms with Crippen LogP contribution in [0.15, 0.2) is 29.0 Å². The highest BCUT2D eigenvalue weighted by Crippen LogP contribution is 2.29. The zero-order chi connectivity index (χ0) is 14.5. The molecule has 0 aliphatic heterocycles. The third-order valence-corrected chi connectivity index (χ3v) is 3.62. The number of rotatable bonds is 6. The fraction of sp³-hybridized carbons (Fsp3) is 0.429. The fourth-order valence-corrected chi connectivity index (χ4v) is 2.71. The Labute approximate surface area is 126 Å². The van der Waals surface area contributed by atoms with E-state index in [-0.39, 0.29) is 11.9 Å². The predicted molar refractivity (Wildman–Crippen MR) is 79.9 cm³/mol. The van der Waals surface area contributed by atoms with E-state index in [9.17, 15) is 4.39 Å². The molecule has 4 nitrogen and oxygen atoms in total. The second kappa shape index (κ2) is 6.95. The molecule has 0 saturated carbocycles. The molecule has 6 heteroatoms. The van der Waals surface area contributed by atoms with Crippen molar-refractivity contribution in [3.8, 4) is 0 Å². The quantitative estimate of drug-likeness (QED) is 0.877. The molecule has 2 heterocycles. The summed E-state index contributed by atoms with van der Waals surface area (Å²) in [6.45, 7) is 5.58. The topological polar surface area (TPSA) is 42.7 Å². The average Bonchev–Trinajstić information content (AvgIpc) is 2.79. The van der Waals surface area contributed by atoms with Gasteiger partial charge in [0.15, 0.2) is 0 Å². The van der Waals surface area contributed by atoms with Crippen molar-refractivity contribution in [1.82, 2.24) is 20.1 Å². The van der Waals surface area contributed by atoms with E-state index in [4.69, 9.17) is 0 Å². The normalized spacial score (nSPS) is 12.6. The van der Waals surface area contributed by atoms with Crippen molar-refractivity contribution >= 4 is 15.9 Å². The maximum atomic E-state index is 14.1. The standard InChI is InChI=1S/C14H18BrFN4/c1-3-8-20-14(10(15)9-19-20)13(17-4-2)12-11(16)6-5-7-18-12/h5-7,9,13,17H,3-4,8H2,1-2H3. The van der Waals surface area contributed by atoms with Crippen molar-refractivity contribution < 1.29 is 4.39 Å². The molecule has 2 rings (SSSR count). The monoisotopic (exact) mass is 340 g/mol. The Balaban J connectivity index is 2.49. The van der Waals surface area contributed by atoms with Gasteiger partial charge in [0.25, 0.3) is 0 Å². The number of halogens is 2. The lowest BCUT2D eigenvalue weighted by Gasteiger charge is -2.20. The van der Waals surface area contributed by atoms with Gasteiger partial charge in [-0.2, -0.15) is 5.10 Å².